The van der Waals surface area contributed by atoms with E-state index in [4.69, 9.17) is 4.74 Å². The summed E-state index contributed by atoms with van der Waals surface area (Å²) < 4.78 is 6.21. The highest BCUT2D eigenvalue weighted by Crippen LogP contribution is 2.37. The van der Waals surface area contributed by atoms with Crippen LogP contribution in [0.15, 0.2) is 0 Å². The molecule has 3 rings (SSSR count). The number of amides is 2. The number of rotatable bonds is 4. The molecule has 5 nitrogen and oxygen atoms in total. The SMILES string of the molecule is CCCC1CC(C(=O)N2CC(C)N(C(C)=O)C3CCCCC32)OC1CC. The molecule has 6 atom stereocenters. The molecule has 6 unspecified atom stereocenters. The summed E-state index contributed by atoms with van der Waals surface area (Å²) in [4.78, 5) is 29.7. The minimum absolute atomic E-state index is 0.0885. The molecular formula is C21H36N2O3. The predicted molar refractivity (Wildman–Crippen MR) is 102 cm³/mol. The van der Waals surface area contributed by atoms with Gasteiger partial charge in [0.1, 0.15) is 6.10 Å². The first-order valence-electron chi connectivity index (χ1n) is 10.7. The van der Waals surface area contributed by atoms with Gasteiger partial charge in [-0.25, -0.2) is 0 Å². The molecule has 2 aliphatic heterocycles. The molecule has 1 saturated carbocycles. The maximum Gasteiger partial charge on any atom is 0.252 e. The normalized spacial score (nSPS) is 37.5. The van der Waals surface area contributed by atoms with Gasteiger partial charge in [0.05, 0.1) is 18.2 Å². The topological polar surface area (TPSA) is 49.9 Å². The number of hydrogen-bond donors (Lipinski definition) is 0. The molecule has 2 amide bonds. The van der Waals surface area contributed by atoms with Crippen LogP contribution in [-0.2, 0) is 14.3 Å². The molecule has 0 aromatic carbocycles. The molecule has 0 spiro atoms. The van der Waals surface area contributed by atoms with Gasteiger partial charge in [-0.3, -0.25) is 9.59 Å². The molecule has 5 heteroatoms. The van der Waals surface area contributed by atoms with Gasteiger partial charge in [-0.15, -0.1) is 0 Å². The highest BCUT2D eigenvalue weighted by molar-refractivity contribution is 5.82. The number of hydrogen-bond acceptors (Lipinski definition) is 3. The second-order valence-corrected chi connectivity index (χ2v) is 8.54. The Morgan fingerprint density at radius 2 is 1.81 bits per heavy atom. The Labute approximate surface area is 158 Å². The van der Waals surface area contributed by atoms with Crippen LogP contribution in [0.2, 0.25) is 0 Å². The van der Waals surface area contributed by atoms with Crippen LogP contribution in [0.3, 0.4) is 0 Å². The number of piperazine rings is 1. The second-order valence-electron chi connectivity index (χ2n) is 8.54. The second kappa shape index (κ2) is 8.28. The highest BCUT2D eigenvalue weighted by Gasteiger charge is 2.47. The van der Waals surface area contributed by atoms with Crippen LogP contribution in [0.25, 0.3) is 0 Å². The standard InChI is InChI=1S/C21H36N2O3/c1-5-9-16-12-20(26-19(16)6-2)21(25)22-13-14(3)23(15(4)24)18-11-8-7-10-17(18)22/h14,16-20H,5-13H2,1-4H3. The van der Waals surface area contributed by atoms with E-state index in [-0.39, 0.29) is 42.1 Å². The average Bonchev–Trinajstić information content (AvgIpc) is 3.03. The zero-order chi connectivity index (χ0) is 18.8. The Balaban J connectivity index is 1.75. The smallest absolute Gasteiger partial charge is 0.252 e. The number of ether oxygens (including phenoxy) is 1. The molecule has 26 heavy (non-hydrogen) atoms. The fourth-order valence-corrected chi connectivity index (χ4v) is 5.66. The number of carbonyl (C=O) groups excluding carboxylic acids is 2. The molecular weight excluding hydrogens is 328 g/mol. The maximum absolute atomic E-state index is 13.4. The number of fused-ring (bicyclic) bond motifs is 1. The largest absolute Gasteiger partial charge is 0.365 e. The van der Waals surface area contributed by atoms with Crippen molar-refractivity contribution in [2.24, 2.45) is 5.92 Å². The average molecular weight is 365 g/mol. The van der Waals surface area contributed by atoms with E-state index < -0.39 is 0 Å². The Bertz CT molecular complexity index is 523. The molecule has 0 bridgehead atoms. The van der Waals surface area contributed by atoms with E-state index in [1.165, 1.54) is 0 Å². The van der Waals surface area contributed by atoms with Crippen LogP contribution < -0.4 is 0 Å². The Hall–Kier alpha value is -1.10. The van der Waals surface area contributed by atoms with Crippen molar-refractivity contribution in [2.75, 3.05) is 6.54 Å². The van der Waals surface area contributed by atoms with Crippen LogP contribution in [0.5, 0.6) is 0 Å². The van der Waals surface area contributed by atoms with Crippen LogP contribution in [-0.4, -0.2) is 58.5 Å². The van der Waals surface area contributed by atoms with Gasteiger partial charge in [0, 0.05) is 19.5 Å². The van der Waals surface area contributed by atoms with E-state index in [2.05, 4.69) is 25.7 Å². The van der Waals surface area contributed by atoms with Crippen molar-refractivity contribution >= 4 is 11.8 Å². The van der Waals surface area contributed by atoms with Crippen molar-refractivity contribution in [3.05, 3.63) is 0 Å². The minimum Gasteiger partial charge on any atom is -0.365 e. The van der Waals surface area contributed by atoms with Gasteiger partial charge in [0.15, 0.2) is 0 Å². The fourth-order valence-electron chi connectivity index (χ4n) is 5.66. The fraction of sp³-hybridized carbons (Fsp3) is 0.905. The Morgan fingerprint density at radius 1 is 1.12 bits per heavy atom. The third kappa shape index (κ3) is 3.64. The lowest BCUT2D eigenvalue weighted by molar-refractivity contribution is -0.160. The van der Waals surface area contributed by atoms with Crippen molar-refractivity contribution in [2.45, 2.75) is 109 Å². The lowest BCUT2D eigenvalue weighted by Gasteiger charge is -2.53. The molecule has 0 N–H and O–H groups in total. The lowest BCUT2D eigenvalue weighted by atomic mass is 9.84. The molecule has 148 valence electrons. The quantitative estimate of drug-likeness (QED) is 0.768. The molecule has 2 saturated heterocycles. The molecule has 0 aromatic rings. The van der Waals surface area contributed by atoms with Crippen LogP contribution in [0.4, 0.5) is 0 Å². The van der Waals surface area contributed by atoms with Gasteiger partial charge in [0.25, 0.3) is 5.91 Å². The van der Waals surface area contributed by atoms with Crippen molar-refractivity contribution in [3.8, 4) is 0 Å². The summed E-state index contributed by atoms with van der Waals surface area (Å²) in [7, 11) is 0. The Morgan fingerprint density at radius 3 is 2.42 bits per heavy atom. The summed E-state index contributed by atoms with van der Waals surface area (Å²) in [5.41, 5.74) is 0. The summed E-state index contributed by atoms with van der Waals surface area (Å²) in [6, 6.07) is 0.444. The first-order valence-corrected chi connectivity index (χ1v) is 10.7. The molecule has 3 fully saturated rings. The minimum atomic E-state index is -0.282. The summed E-state index contributed by atoms with van der Waals surface area (Å²) in [6.45, 7) is 8.76. The lowest BCUT2D eigenvalue weighted by Crippen LogP contribution is -2.67. The molecule has 1 aliphatic carbocycles. The van der Waals surface area contributed by atoms with E-state index in [9.17, 15) is 9.59 Å². The zero-order valence-corrected chi connectivity index (χ0v) is 16.9. The van der Waals surface area contributed by atoms with E-state index in [0.717, 1.165) is 51.4 Å². The van der Waals surface area contributed by atoms with E-state index in [1.54, 1.807) is 6.92 Å². The number of carbonyl (C=O) groups is 2. The Kier molecular flexibility index (Phi) is 6.26. The maximum atomic E-state index is 13.4. The van der Waals surface area contributed by atoms with E-state index >= 15 is 0 Å². The third-order valence-corrected chi connectivity index (χ3v) is 6.75. The first-order chi connectivity index (χ1) is 12.5. The van der Waals surface area contributed by atoms with Gasteiger partial charge in [-0.2, -0.15) is 0 Å². The molecule has 0 aromatic heterocycles. The van der Waals surface area contributed by atoms with Crippen LogP contribution in [0.1, 0.15) is 79.1 Å². The van der Waals surface area contributed by atoms with Crippen molar-refractivity contribution in [1.29, 1.82) is 0 Å². The van der Waals surface area contributed by atoms with Gasteiger partial charge < -0.3 is 14.5 Å². The van der Waals surface area contributed by atoms with Gasteiger partial charge >= 0.3 is 0 Å². The van der Waals surface area contributed by atoms with Gasteiger partial charge in [0.2, 0.25) is 5.91 Å². The van der Waals surface area contributed by atoms with E-state index in [1.807, 2.05) is 4.90 Å². The monoisotopic (exact) mass is 364 g/mol. The summed E-state index contributed by atoms with van der Waals surface area (Å²) >= 11 is 0. The van der Waals surface area contributed by atoms with Crippen molar-refractivity contribution in [3.63, 3.8) is 0 Å². The van der Waals surface area contributed by atoms with Crippen LogP contribution in [0, 0.1) is 5.92 Å². The van der Waals surface area contributed by atoms with Crippen molar-refractivity contribution < 1.29 is 14.3 Å². The molecule has 0 radical (unpaired) electrons. The van der Waals surface area contributed by atoms with Gasteiger partial charge in [-0.1, -0.05) is 33.1 Å². The molecule has 2 heterocycles. The summed E-state index contributed by atoms with van der Waals surface area (Å²) in [5, 5.41) is 0. The number of nitrogens with zero attached hydrogens (tertiary/aromatic N) is 2. The first kappa shape index (κ1) is 19.7. The summed E-state index contributed by atoms with van der Waals surface area (Å²) in [5.74, 6) is 0.832. The zero-order valence-electron chi connectivity index (χ0n) is 16.9. The van der Waals surface area contributed by atoms with Gasteiger partial charge in [-0.05, 0) is 44.9 Å². The summed E-state index contributed by atoms with van der Waals surface area (Å²) in [6.07, 6.45) is 8.39. The van der Waals surface area contributed by atoms with Crippen LogP contribution >= 0.6 is 0 Å². The predicted octanol–water partition coefficient (Wildman–Crippen LogP) is 3.36. The highest BCUT2D eigenvalue weighted by atomic mass is 16.5. The third-order valence-electron chi connectivity index (χ3n) is 6.75. The van der Waals surface area contributed by atoms with Crippen molar-refractivity contribution in [1.82, 2.24) is 9.80 Å². The van der Waals surface area contributed by atoms with E-state index in [0.29, 0.717) is 12.5 Å². The molecule has 3 aliphatic rings.